The standard InChI is InChI=1S/C9H10Cl3N/c1-13-5-4-6-7(10)2-3-8(11)9(6)12/h2-3,13H,4-5H2,1H3. The first-order valence-electron chi connectivity index (χ1n) is 3.93. The summed E-state index contributed by atoms with van der Waals surface area (Å²) in [4.78, 5) is 0. The van der Waals surface area contributed by atoms with Crippen molar-refractivity contribution < 1.29 is 0 Å². The summed E-state index contributed by atoms with van der Waals surface area (Å²) < 4.78 is 0. The molecule has 1 aromatic rings. The van der Waals surface area contributed by atoms with Crippen LogP contribution in [0.3, 0.4) is 0 Å². The molecule has 1 nitrogen and oxygen atoms in total. The molecule has 0 bridgehead atoms. The van der Waals surface area contributed by atoms with Crippen LogP contribution in [0.2, 0.25) is 15.1 Å². The van der Waals surface area contributed by atoms with Gasteiger partial charge in [0.1, 0.15) is 0 Å². The van der Waals surface area contributed by atoms with Crippen molar-refractivity contribution in [1.82, 2.24) is 5.32 Å². The molecular formula is C9H10Cl3N. The molecule has 0 spiro atoms. The molecule has 0 aliphatic carbocycles. The van der Waals surface area contributed by atoms with Crippen molar-refractivity contribution in [3.63, 3.8) is 0 Å². The van der Waals surface area contributed by atoms with Gasteiger partial charge in [0.25, 0.3) is 0 Å². The van der Waals surface area contributed by atoms with Crippen molar-refractivity contribution in [2.24, 2.45) is 0 Å². The van der Waals surface area contributed by atoms with E-state index in [0.717, 1.165) is 18.5 Å². The number of likely N-dealkylation sites (N-methyl/N-ethyl adjacent to an activating group) is 1. The molecular weight excluding hydrogens is 228 g/mol. The zero-order valence-electron chi connectivity index (χ0n) is 7.20. The van der Waals surface area contributed by atoms with Gasteiger partial charge >= 0.3 is 0 Å². The Hall–Kier alpha value is 0.0500. The van der Waals surface area contributed by atoms with E-state index in [1.54, 1.807) is 12.1 Å². The van der Waals surface area contributed by atoms with E-state index in [1.807, 2.05) is 7.05 Å². The second-order valence-corrected chi connectivity index (χ2v) is 3.87. The molecule has 13 heavy (non-hydrogen) atoms. The largest absolute Gasteiger partial charge is 0.319 e. The molecule has 0 saturated carbocycles. The van der Waals surface area contributed by atoms with Gasteiger partial charge in [0, 0.05) is 5.02 Å². The molecule has 1 aromatic carbocycles. The van der Waals surface area contributed by atoms with Gasteiger partial charge < -0.3 is 5.32 Å². The van der Waals surface area contributed by atoms with Crippen LogP contribution in [0.25, 0.3) is 0 Å². The Balaban J connectivity index is 2.96. The summed E-state index contributed by atoms with van der Waals surface area (Å²) in [6.07, 6.45) is 0.786. The van der Waals surface area contributed by atoms with E-state index in [-0.39, 0.29) is 0 Å². The van der Waals surface area contributed by atoms with Gasteiger partial charge in [-0.1, -0.05) is 34.8 Å². The lowest BCUT2D eigenvalue weighted by Gasteiger charge is -2.07. The minimum atomic E-state index is 0.553. The van der Waals surface area contributed by atoms with Gasteiger partial charge in [0.2, 0.25) is 0 Å². The van der Waals surface area contributed by atoms with Gasteiger partial charge in [0.15, 0.2) is 0 Å². The van der Waals surface area contributed by atoms with E-state index in [1.165, 1.54) is 0 Å². The van der Waals surface area contributed by atoms with Crippen molar-refractivity contribution in [3.8, 4) is 0 Å². The topological polar surface area (TPSA) is 12.0 Å². The van der Waals surface area contributed by atoms with Crippen molar-refractivity contribution in [2.45, 2.75) is 6.42 Å². The van der Waals surface area contributed by atoms with Gasteiger partial charge in [-0.25, -0.2) is 0 Å². The summed E-state index contributed by atoms with van der Waals surface area (Å²) >= 11 is 17.8. The summed E-state index contributed by atoms with van der Waals surface area (Å²) in [6, 6.07) is 3.47. The molecule has 0 radical (unpaired) electrons. The lowest BCUT2D eigenvalue weighted by atomic mass is 10.1. The summed E-state index contributed by atoms with van der Waals surface area (Å²) in [6.45, 7) is 0.833. The van der Waals surface area contributed by atoms with Crippen molar-refractivity contribution >= 4 is 34.8 Å². The molecule has 0 aliphatic heterocycles. The fraction of sp³-hybridized carbons (Fsp3) is 0.333. The number of halogens is 3. The van der Waals surface area contributed by atoms with Crippen LogP contribution in [0, 0.1) is 0 Å². The van der Waals surface area contributed by atoms with Crippen LogP contribution >= 0.6 is 34.8 Å². The van der Waals surface area contributed by atoms with E-state index < -0.39 is 0 Å². The lowest BCUT2D eigenvalue weighted by molar-refractivity contribution is 0.792. The average Bonchev–Trinajstić information content (AvgIpc) is 2.12. The van der Waals surface area contributed by atoms with Crippen LogP contribution < -0.4 is 5.32 Å². The van der Waals surface area contributed by atoms with Crippen molar-refractivity contribution in [1.29, 1.82) is 0 Å². The molecule has 1 N–H and O–H groups in total. The average molecular weight is 239 g/mol. The van der Waals surface area contributed by atoms with Gasteiger partial charge in [-0.05, 0) is 37.7 Å². The van der Waals surface area contributed by atoms with E-state index in [2.05, 4.69) is 5.32 Å². The highest BCUT2D eigenvalue weighted by Crippen LogP contribution is 2.31. The molecule has 0 unspecified atom stereocenters. The molecule has 0 amide bonds. The molecule has 0 saturated heterocycles. The van der Waals surface area contributed by atoms with Crippen LogP contribution in [0.1, 0.15) is 5.56 Å². The fourth-order valence-corrected chi connectivity index (χ4v) is 1.78. The van der Waals surface area contributed by atoms with Crippen LogP contribution in [0.5, 0.6) is 0 Å². The lowest BCUT2D eigenvalue weighted by Crippen LogP contribution is -2.10. The zero-order valence-corrected chi connectivity index (χ0v) is 9.47. The van der Waals surface area contributed by atoms with Gasteiger partial charge in [-0.15, -0.1) is 0 Å². The van der Waals surface area contributed by atoms with Gasteiger partial charge in [-0.3, -0.25) is 0 Å². The summed E-state index contributed by atoms with van der Waals surface area (Å²) in [7, 11) is 1.88. The Bertz CT molecular complexity index is 299. The molecule has 4 heteroatoms. The van der Waals surface area contributed by atoms with Crippen molar-refractivity contribution in [2.75, 3.05) is 13.6 Å². The third-order valence-electron chi connectivity index (χ3n) is 1.76. The highest BCUT2D eigenvalue weighted by molar-refractivity contribution is 6.44. The van der Waals surface area contributed by atoms with Gasteiger partial charge in [-0.2, -0.15) is 0 Å². The first kappa shape index (κ1) is 11.1. The predicted octanol–water partition coefficient (Wildman–Crippen LogP) is 3.41. The van der Waals surface area contributed by atoms with Crippen LogP contribution in [-0.4, -0.2) is 13.6 Å². The second-order valence-electron chi connectivity index (χ2n) is 2.68. The third kappa shape index (κ3) is 2.75. The number of hydrogen-bond acceptors (Lipinski definition) is 1. The van der Waals surface area contributed by atoms with E-state index in [4.69, 9.17) is 34.8 Å². The number of benzene rings is 1. The van der Waals surface area contributed by atoms with Crippen molar-refractivity contribution in [3.05, 3.63) is 32.8 Å². The van der Waals surface area contributed by atoms with Crippen LogP contribution in [0.15, 0.2) is 12.1 Å². The molecule has 0 heterocycles. The summed E-state index contributed by atoms with van der Waals surface area (Å²) in [5.74, 6) is 0. The summed E-state index contributed by atoms with van der Waals surface area (Å²) in [5, 5.41) is 4.81. The quantitative estimate of drug-likeness (QED) is 0.796. The first-order valence-corrected chi connectivity index (χ1v) is 5.07. The molecule has 0 aromatic heterocycles. The third-order valence-corrected chi connectivity index (χ3v) is 2.96. The summed E-state index contributed by atoms with van der Waals surface area (Å²) in [5.41, 5.74) is 0.908. The number of hydrogen-bond donors (Lipinski definition) is 1. The predicted molar refractivity (Wildman–Crippen MR) is 59.1 cm³/mol. The smallest absolute Gasteiger partial charge is 0.0639 e. The molecule has 72 valence electrons. The normalized spacial score (nSPS) is 10.5. The van der Waals surface area contributed by atoms with Crippen LogP contribution in [0.4, 0.5) is 0 Å². The fourth-order valence-electron chi connectivity index (χ4n) is 1.05. The monoisotopic (exact) mass is 237 g/mol. The SMILES string of the molecule is CNCCc1c(Cl)ccc(Cl)c1Cl. The molecule has 0 aliphatic rings. The number of rotatable bonds is 3. The Morgan fingerprint density at radius 3 is 2.38 bits per heavy atom. The highest BCUT2D eigenvalue weighted by atomic mass is 35.5. The van der Waals surface area contributed by atoms with E-state index in [0.29, 0.717) is 15.1 Å². The van der Waals surface area contributed by atoms with Gasteiger partial charge in [0.05, 0.1) is 10.0 Å². The second kappa shape index (κ2) is 5.06. The Morgan fingerprint density at radius 2 is 1.77 bits per heavy atom. The molecule has 0 fully saturated rings. The zero-order chi connectivity index (χ0) is 9.84. The van der Waals surface area contributed by atoms with Crippen LogP contribution in [-0.2, 0) is 6.42 Å². The molecule has 1 rings (SSSR count). The maximum absolute atomic E-state index is 5.99. The van der Waals surface area contributed by atoms with E-state index >= 15 is 0 Å². The maximum atomic E-state index is 5.99. The number of nitrogens with one attached hydrogen (secondary N) is 1. The van der Waals surface area contributed by atoms with E-state index in [9.17, 15) is 0 Å². The minimum Gasteiger partial charge on any atom is -0.319 e. The Labute approximate surface area is 93.0 Å². The maximum Gasteiger partial charge on any atom is 0.0639 e. The first-order chi connectivity index (χ1) is 6.16. The minimum absolute atomic E-state index is 0.553. The highest BCUT2D eigenvalue weighted by Gasteiger charge is 2.08. The molecule has 0 atom stereocenters. The Morgan fingerprint density at radius 1 is 1.15 bits per heavy atom. The Kier molecular flexibility index (Phi) is 4.33.